The summed E-state index contributed by atoms with van der Waals surface area (Å²) < 4.78 is 0. The zero-order valence-electron chi connectivity index (χ0n) is 11.2. The normalized spacial score (nSPS) is 32.0. The molecule has 0 aromatic carbocycles. The number of hydrogen-bond acceptors (Lipinski definition) is 3. The highest BCUT2D eigenvalue weighted by atomic mass is 16.2. The Kier molecular flexibility index (Phi) is 4.53. The fraction of sp³-hybridized carbons (Fsp3) is 0.846. The SMILES string of the molecule is CCC(C)[C@H](N)C(=O)N1C[C@@H](C)C(C)[C@H]1C#N. The van der Waals surface area contributed by atoms with E-state index in [-0.39, 0.29) is 23.8 Å². The summed E-state index contributed by atoms with van der Waals surface area (Å²) in [6.45, 7) is 8.77. The van der Waals surface area contributed by atoms with Crippen molar-refractivity contribution >= 4 is 5.91 Å². The van der Waals surface area contributed by atoms with Gasteiger partial charge in [0, 0.05) is 6.54 Å². The molecule has 0 aliphatic carbocycles. The van der Waals surface area contributed by atoms with Crippen LogP contribution in [0.5, 0.6) is 0 Å². The lowest BCUT2D eigenvalue weighted by molar-refractivity contribution is -0.134. The molecule has 0 aromatic rings. The predicted molar refractivity (Wildman–Crippen MR) is 66.9 cm³/mol. The molecule has 0 bridgehead atoms. The van der Waals surface area contributed by atoms with Crippen LogP contribution in [0.15, 0.2) is 0 Å². The Morgan fingerprint density at radius 1 is 1.59 bits per heavy atom. The molecule has 1 aliphatic heterocycles. The van der Waals surface area contributed by atoms with Gasteiger partial charge < -0.3 is 10.6 Å². The van der Waals surface area contributed by atoms with Crippen LogP contribution in [0.4, 0.5) is 0 Å². The Morgan fingerprint density at radius 2 is 2.18 bits per heavy atom. The first-order valence-corrected chi connectivity index (χ1v) is 6.39. The zero-order valence-corrected chi connectivity index (χ0v) is 11.2. The van der Waals surface area contributed by atoms with Gasteiger partial charge in [-0.25, -0.2) is 0 Å². The van der Waals surface area contributed by atoms with E-state index in [0.717, 1.165) is 6.42 Å². The standard InChI is InChI=1S/C13H23N3O/c1-5-8(2)12(15)13(17)16-7-9(3)10(4)11(16)6-14/h8-12H,5,7,15H2,1-4H3/t8?,9-,10?,11-,12+/m1/s1. The van der Waals surface area contributed by atoms with Crippen molar-refractivity contribution in [1.82, 2.24) is 4.90 Å². The largest absolute Gasteiger partial charge is 0.325 e. The summed E-state index contributed by atoms with van der Waals surface area (Å²) in [5.41, 5.74) is 5.96. The van der Waals surface area contributed by atoms with E-state index in [1.54, 1.807) is 4.90 Å². The van der Waals surface area contributed by atoms with Crippen LogP contribution in [0.1, 0.15) is 34.1 Å². The summed E-state index contributed by atoms with van der Waals surface area (Å²) >= 11 is 0. The molecule has 0 aromatic heterocycles. The number of carbonyl (C=O) groups is 1. The summed E-state index contributed by atoms with van der Waals surface area (Å²) in [6, 6.07) is 1.45. The van der Waals surface area contributed by atoms with Crippen molar-refractivity contribution in [2.75, 3.05) is 6.54 Å². The quantitative estimate of drug-likeness (QED) is 0.806. The third-order valence-electron chi connectivity index (χ3n) is 4.17. The first-order valence-electron chi connectivity index (χ1n) is 6.39. The van der Waals surface area contributed by atoms with Crippen LogP contribution in [0, 0.1) is 29.1 Å². The lowest BCUT2D eigenvalue weighted by atomic mass is 9.95. The second-order valence-corrected chi connectivity index (χ2v) is 5.31. The van der Waals surface area contributed by atoms with Crippen LogP contribution in [-0.2, 0) is 4.79 Å². The molecule has 4 heteroatoms. The molecule has 0 spiro atoms. The van der Waals surface area contributed by atoms with Gasteiger partial charge >= 0.3 is 0 Å². The van der Waals surface area contributed by atoms with Gasteiger partial charge in [0.05, 0.1) is 12.1 Å². The third-order valence-corrected chi connectivity index (χ3v) is 4.17. The molecule has 5 atom stereocenters. The minimum absolute atomic E-state index is 0.0675. The van der Waals surface area contributed by atoms with Crippen LogP contribution in [0.25, 0.3) is 0 Å². The Hall–Kier alpha value is -1.08. The second-order valence-electron chi connectivity index (χ2n) is 5.31. The molecule has 17 heavy (non-hydrogen) atoms. The summed E-state index contributed by atoms with van der Waals surface area (Å²) in [4.78, 5) is 13.9. The molecule has 2 unspecified atom stereocenters. The molecule has 1 heterocycles. The molecule has 0 radical (unpaired) electrons. The highest BCUT2D eigenvalue weighted by Gasteiger charge is 2.41. The van der Waals surface area contributed by atoms with Gasteiger partial charge in [-0.3, -0.25) is 4.79 Å². The fourth-order valence-corrected chi connectivity index (χ4v) is 2.29. The van der Waals surface area contributed by atoms with E-state index in [4.69, 9.17) is 11.0 Å². The van der Waals surface area contributed by atoms with E-state index < -0.39 is 6.04 Å². The average molecular weight is 237 g/mol. The van der Waals surface area contributed by atoms with Crippen molar-refractivity contribution in [3.8, 4) is 6.07 Å². The van der Waals surface area contributed by atoms with Crippen LogP contribution in [0.2, 0.25) is 0 Å². The Labute approximate surface area is 104 Å². The van der Waals surface area contributed by atoms with E-state index in [1.165, 1.54) is 0 Å². The van der Waals surface area contributed by atoms with Gasteiger partial charge in [0.15, 0.2) is 0 Å². The number of nitrogens with two attached hydrogens (primary N) is 1. The summed E-state index contributed by atoms with van der Waals surface area (Å²) in [5, 5.41) is 9.17. The number of nitrogens with zero attached hydrogens (tertiary/aromatic N) is 2. The Morgan fingerprint density at radius 3 is 2.65 bits per heavy atom. The summed E-state index contributed by atoms with van der Waals surface area (Å²) in [6.07, 6.45) is 0.878. The number of nitriles is 1. The predicted octanol–water partition coefficient (Wildman–Crippen LogP) is 1.37. The summed E-state index contributed by atoms with van der Waals surface area (Å²) in [5.74, 6) is 0.691. The van der Waals surface area contributed by atoms with Crippen LogP contribution < -0.4 is 5.73 Å². The number of carbonyl (C=O) groups excluding carboxylic acids is 1. The van der Waals surface area contributed by atoms with Gasteiger partial charge in [-0.05, 0) is 17.8 Å². The lowest BCUT2D eigenvalue weighted by Crippen LogP contribution is -2.49. The molecule has 1 fully saturated rings. The zero-order chi connectivity index (χ0) is 13.2. The van der Waals surface area contributed by atoms with E-state index >= 15 is 0 Å². The smallest absolute Gasteiger partial charge is 0.240 e. The maximum absolute atomic E-state index is 12.3. The highest BCUT2D eigenvalue weighted by Crippen LogP contribution is 2.29. The van der Waals surface area contributed by atoms with Gasteiger partial charge in [-0.1, -0.05) is 34.1 Å². The van der Waals surface area contributed by atoms with Gasteiger partial charge in [0.25, 0.3) is 0 Å². The average Bonchev–Trinajstić information content (AvgIpc) is 2.62. The second kappa shape index (κ2) is 5.50. The maximum atomic E-state index is 12.3. The minimum atomic E-state index is -0.478. The third kappa shape index (κ3) is 2.61. The van der Waals surface area contributed by atoms with E-state index in [0.29, 0.717) is 12.5 Å². The lowest BCUT2D eigenvalue weighted by Gasteiger charge is -2.27. The molecule has 1 rings (SSSR count). The molecule has 0 saturated carbocycles. The molecular formula is C13H23N3O. The van der Waals surface area contributed by atoms with Crippen LogP contribution in [0.3, 0.4) is 0 Å². The van der Waals surface area contributed by atoms with Gasteiger partial charge in [0.1, 0.15) is 6.04 Å². The first kappa shape index (κ1) is 14.0. The van der Waals surface area contributed by atoms with Gasteiger partial charge in [-0.2, -0.15) is 5.26 Å². The maximum Gasteiger partial charge on any atom is 0.240 e. The topological polar surface area (TPSA) is 70.1 Å². The molecule has 1 saturated heterocycles. The van der Waals surface area contributed by atoms with Crippen molar-refractivity contribution in [3.05, 3.63) is 0 Å². The van der Waals surface area contributed by atoms with Crippen LogP contribution >= 0.6 is 0 Å². The minimum Gasteiger partial charge on any atom is -0.325 e. The number of hydrogen-bond donors (Lipinski definition) is 1. The number of likely N-dealkylation sites (tertiary alicyclic amines) is 1. The van der Waals surface area contributed by atoms with Crippen molar-refractivity contribution in [2.45, 2.75) is 46.2 Å². The van der Waals surface area contributed by atoms with E-state index in [2.05, 4.69) is 13.0 Å². The summed E-state index contributed by atoms with van der Waals surface area (Å²) in [7, 11) is 0. The molecular weight excluding hydrogens is 214 g/mol. The number of rotatable bonds is 3. The molecule has 1 amide bonds. The Balaban J connectivity index is 2.80. The molecule has 4 nitrogen and oxygen atoms in total. The van der Waals surface area contributed by atoms with E-state index in [9.17, 15) is 4.79 Å². The fourth-order valence-electron chi connectivity index (χ4n) is 2.29. The van der Waals surface area contributed by atoms with Gasteiger partial charge in [0.2, 0.25) is 5.91 Å². The van der Waals surface area contributed by atoms with Crippen molar-refractivity contribution < 1.29 is 4.79 Å². The molecule has 96 valence electrons. The first-order chi connectivity index (χ1) is 7.93. The van der Waals surface area contributed by atoms with Crippen LogP contribution in [-0.4, -0.2) is 29.4 Å². The van der Waals surface area contributed by atoms with E-state index in [1.807, 2.05) is 20.8 Å². The monoisotopic (exact) mass is 237 g/mol. The van der Waals surface area contributed by atoms with Gasteiger partial charge in [-0.15, -0.1) is 0 Å². The molecule has 1 aliphatic rings. The van der Waals surface area contributed by atoms with Crippen molar-refractivity contribution in [2.24, 2.45) is 23.5 Å². The van der Waals surface area contributed by atoms with Crippen molar-refractivity contribution in [3.63, 3.8) is 0 Å². The van der Waals surface area contributed by atoms with Crippen molar-refractivity contribution in [1.29, 1.82) is 5.26 Å². The molecule has 2 N–H and O–H groups in total. The Bertz CT molecular complexity index is 323. The number of amides is 1. The highest BCUT2D eigenvalue weighted by molar-refractivity contribution is 5.83.